The second-order valence-corrected chi connectivity index (χ2v) is 7.61. The number of carbonyl (C=O) groups is 2. The molecule has 3 rings (SSSR count). The maximum absolute atomic E-state index is 12.4. The fourth-order valence-corrected chi connectivity index (χ4v) is 3.87. The topological polar surface area (TPSA) is 70.7 Å². The molecule has 0 aromatic rings. The number of hydrogen-bond donors (Lipinski definition) is 2. The highest BCUT2D eigenvalue weighted by Gasteiger charge is 2.45. The summed E-state index contributed by atoms with van der Waals surface area (Å²) in [4.78, 5) is 26.6. The van der Waals surface area contributed by atoms with Crippen molar-refractivity contribution < 1.29 is 14.3 Å². The Morgan fingerprint density at radius 2 is 1.96 bits per heavy atom. The first-order valence-electron chi connectivity index (χ1n) is 9.01. The van der Waals surface area contributed by atoms with Crippen LogP contribution in [-0.2, 0) is 9.53 Å². The quantitative estimate of drug-likeness (QED) is 0.824. The number of likely N-dealkylation sites (tertiary alicyclic amines) is 1. The lowest BCUT2D eigenvalue weighted by Crippen LogP contribution is -2.52. The van der Waals surface area contributed by atoms with E-state index < -0.39 is 0 Å². The Morgan fingerprint density at radius 1 is 1.22 bits per heavy atom. The lowest BCUT2D eigenvalue weighted by molar-refractivity contribution is -0.127. The van der Waals surface area contributed by atoms with Gasteiger partial charge < -0.3 is 20.3 Å². The predicted molar refractivity (Wildman–Crippen MR) is 87.0 cm³/mol. The second kappa shape index (κ2) is 7.07. The van der Waals surface area contributed by atoms with Gasteiger partial charge in [0, 0.05) is 25.7 Å². The van der Waals surface area contributed by atoms with Gasteiger partial charge in [-0.1, -0.05) is 26.7 Å². The molecule has 0 unspecified atom stereocenters. The molecule has 6 heteroatoms. The van der Waals surface area contributed by atoms with E-state index in [9.17, 15) is 9.59 Å². The van der Waals surface area contributed by atoms with Gasteiger partial charge >= 0.3 is 6.03 Å². The van der Waals surface area contributed by atoms with Crippen molar-refractivity contribution in [2.75, 3.05) is 19.6 Å². The number of hydrogen-bond acceptors (Lipinski definition) is 3. The Kier molecular flexibility index (Phi) is 5.09. The van der Waals surface area contributed by atoms with Crippen molar-refractivity contribution in [2.45, 2.75) is 64.2 Å². The van der Waals surface area contributed by atoms with Crippen molar-refractivity contribution in [3.05, 3.63) is 0 Å². The van der Waals surface area contributed by atoms with Crippen LogP contribution in [0.2, 0.25) is 0 Å². The Labute approximate surface area is 138 Å². The molecule has 130 valence electrons. The predicted octanol–water partition coefficient (Wildman–Crippen LogP) is 1.50. The average Bonchev–Trinajstić information content (AvgIpc) is 3.12. The summed E-state index contributed by atoms with van der Waals surface area (Å²) in [5, 5.41) is 6.13. The zero-order valence-electron chi connectivity index (χ0n) is 14.2. The molecule has 3 aliphatic rings. The molecule has 2 aliphatic heterocycles. The second-order valence-electron chi connectivity index (χ2n) is 7.61. The van der Waals surface area contributed by atoms with Crippen LogP contribution < -0.4 is 10.6 Å². The zero-order chi connectivity index (χ0) is 16.4. The largest absolute Gasteiger partial charge is 0.370 e. The van der Waals surface area contributed by atoms with Gasteiger partial charge in [-0.25, -0.2) is 4.79 Å². The van der Waals surface area contributed by atoms with Crippen LogP contribution in [0.3, 0.4) is 0 Å². The minimum atomic E-state index is -0.157. The van der Waals surface area contributed by atoms with Crippen LogP contribution in [0, 0.1) is 11.8 Å². The van der Waals surface area contributed by atoms with Gasteiger partial charge in [-0.3, -0.25) is 4.79 Å². The van der Waals surface area contributed by atoms with Gasteiger partial charge in [-0.2, -0.15) is 0 Å². The summed E-state index contributed by atoms with van der Waals surface area (Å²) in [5.41, 5.74) is 0. The number of rotatable bonds is 4. The van der Waals surface area contributed by atoms with Crippen LogP contribution >= 0.6 is 0 Å². The molecule has 2 heterocycles. The van der Waals surface area contributed by atoms with Crippen molar-refractivity contribution in [3.8, 4) is 0 Å². The molecule has 0 radical (unpaired) electrons. The molecule has 1 saturated carbocycles. The van der Waals surface area contributed by atoms with E-state index in [2.05, 4.69) is 24.5 Å². The minimum absolute atomic E-state index is 0.00196. The Bertz CT molecular complexity index is 448. The molecular weight excluding hydrogens is 294 g/mol. The lowest BCUT2D eigenvalue weighted by atomic mass is 9.99. The molecule has 3 amide bonds. The third kappa shape index (κ3) is 3.97. The normalized spacial score (nSPS) is 30.7. The van der Waals surface area contributed by atoms with E-state index in [-0.39, 0.29) is 30.1 Å². The van der Waals surface area contributed by atoms with Crippen LogP contribution in [0.5, 0.6) is 0 Å². The SMILES string of the molecule is CC(C)CNC(=O)[C@@H]1C[C@H]2CN(C(=O)NC3CCCC3)C[C@@H]1O2. The summed E-state index contributed by atoms with van der Waals surface area (Å²) in [5.74, 6) is 0.390. The number of carbonyl (C=O) groups excluding carboxylic acids is 2. The molecule has 23 heavy (non-hydrogen) atoms. The van der Waals surface area contributed by atoms with Crippen LogP contribution in [0.1, 0.15) is 46.0 Å². The molecule has 0 spiro atoms. The van der Waals surface area contributed by atoms with E-state index >= 15 is 0 Å². The molecule has 0 aromatic carbocycles. The summed E-state index contributed by atoms with van der Waals surface area (Å²) in [6.45, 7) is 5.98. The smallest absolute Gasteiger partial charge is 0.317 e. The van der Waals surface area contributed by atoms with E-state index in [1.165, 1.54) is 12.8 Å². The number of urea groups is 1. The molecular formula is C17H29N3O3. The molecule has 3 atom stereocenters. The summed E-state index contributed by atoms with van der Waals surface area (Å²) < 4.78 is 5.91. The number of morpholine rings is 1. The highest BCUT2D eigenvalue weighted by Crippen LogP contribution is 2.32. The summed E-state index contributed by atoms with van der Waals surface area (Å²) >= 11 is 0. The number of nitrogens with zero attached hydrogens (tertiary/aromatic N) is 1. The lowest BCUT2D eigenvalue weighted by Gasteiger charge is -2.33. The van der Waals surface area contributed by atoms with E-state index in [0.29, 0.717) is 31.6 Å². The Hall–Kier alpha value is -1.30. The molecule has 1 aliphatic carbocycles. The van der Waals surface area contributed by atoms with Crippen LogP contribution in [-0.4, -0.2) is 54.7 Å². The fraction of sp³-hybridized carbons (Fsp3) is 0.882. The van der Waals surface area contributed by atoms with Crippen molar-refractivity contribution in [2.24, 2.45) is 11.8 Å². The Balaban J connectivity index is 1.52. The van der Waals surface area contributed by atoms with Gasteiger partial charge in [0.25, 0.3) is 0 Å². The number of ether oxygens (including phenoxy) is 1. The maximum Gasteiger partial charge on any atom is 0.317 e. The van der Waals surface area contributed by atoms with Gasteiger partial charge in [0.05, 0.1) is 18.1 Å². The molecule has 2 N–H and O–H groups in total. The summed E-state index contributed by atoms with van der Waals surface area (Å²) in [7, 11) is 0. The van der Waals surface area contributed by atoms with Crippen LogP contribution in [0.25, 0.3) is 0 Å². The average molecular weight is 323 g/mol. The Morgan fingerprint density at radius 3 is 2.65 bits per heavy atom. The van der Waals surface area contributed by atoms with E-state index in [1.807, 2.05) is 4.90 Å². The molecule has 0 aromatic heterocycles. The third-order valence-corrected chi connectivity index (χ3v) is 5.15. The zero-order valence-corrected chi connectivity index (χ0v) is 14.2. The van der Waals surface area contributed by atoms with Crippen molar-refractivity contribution in [3.63, 3.8) is 0 Å². The van der Waals surface area contributed by atoms with Gasteiger partial charge in [0.15, 0.2) is 0 Å². The van der Waals surface area contributed by atoms with Crippen molar-refractivity contribution >= 4 is 11.9 Å². The molecule has 2 saturated heterocycles. The van der Waals surface area contributed by atoms with Gasteiger partial charge in [0.2, 0.25) is 5.91 Å². The summed E-state index contributed by atoms with van der Waals surface area (Å²) in [6, 6.07) is 0.339. The maximum atomic E-state index is 12.4. The van der Waals surface area contributed by atoms with Crippen molar-refractivity contribution in [1.82, 2.24) is 15.5 Å². The van der Waals surface area contributed by atoms with Gasteiger partial charge in [-0.15, -0.1) is 0 Å². The number of amides is 3. The van der Waals surface area contributed by atoms with Gasteiger partial charge in [-0.05, 0) is 25.2 Å². The van der Waals surface area contributed by atoms with Gasteiger partial charge in [0.1, 0.15) is 0 Å². The first-order valence-corrected chi connectivity index (χ1v) is 9.01. The van der Waals surface area contributed by atoms with E-state index in [0.717, 1.165) is 19.3 Å². The van der Waals surface area contributed by atoms with Crippen LogP contribution in [0.4, 0.5) is 4.79 Å². The fourth-order valence-electron chi connectivity index (χ4n) is 3.87. The summed E-state index contributed by atoms with van der Waals surface area (Å²) in [6.07, 6.45) is 5.15. The molecule has 2 bridgehead atoms. The highest BCUT2D eigenvalue weighted by atomic mass is 16.5. The minimum Gasteiger partial charge on any atom is -0.370 e. The number of fused-ring (bicyclic) bond motifs is 2. The first kappa shape index (κ1) is 16.6. The molecule has 6 nitrogen and oxygen atoms in total. The molecule has 3 fully saturated rings. The van der Waals surface area contributed by atoms with Crippen molar-refractivity contribution in [1.29, 1.82) is 0 Å². The monoisotopic (exact) mass is 323 g/mol. The highest BCUT2D eigenvalue weighted by molar-refractivity contribution is 5.80. The number of nitrogens with one attached hydrogen (secondary N) is 2. The van der Waals surface area contributed by atoms with E-state index in [4.69, 9.17) is 4.74 Å². The van der Waals surface area contributed by atoms with Crippen LogP contribution in [0.15, 0.2) is 0 Å². The first-order chi connectivity index (χ1) is 11.0. The van der Waals surface area contributed by atoms with E-state index in [1.54, 1.807) is 0 Å². The third-order valence-electron chi connectivity index (χ3n) is 5.15. The standard InChI is InChI=1S/C17H29N3O3/c1-11(2)8-18-16(21)14-7-13-9-20(10-15(14)23-13)17(22)19-12-5-3-4-6-12/h11-15H,3-10H2,1-2H3,(H,18,21)(H,19,22)/t13-,14+,15-/m0/s1.